The first kappa shape index (κ1) is 34.1. The van der Waals surface area contributed by atoms with Crippen molar-refractivity contribution in [3.63, 3.8) is 0 Å². The number of carbonyl (C=O) groups is 2. The van der Waals surface area contributed by atoms with E-state index in [9.17, 15) is 19.8 Å². The molecule has 0 heterocycles. The van der Waals surface area contributed by atoms with Crippen LogP contribution >= 0.6 is 0 Å². The minimum atomic E-state index is -1.03. The zero-order valence-electron chi connectivity index (χ0n) is 21.8. The van der Waals surface area contributed by atoms with Gasteiger partial charge in [0.1, 0.15) is 0 Å². The molecule has 0 N–H and O–H groups in total. The number of nitrogens with zero attached hydrogens (tertiary/aromatic N) is 2. The van der Waals surface area contributed by atoms with Crippen LogP contribution in [0.25, 0.3) is 0 Å². The van der Waals surface area contributed by atoms with Crippen LogP contribution in [0, 0.1) is 24.0 Å². The van der Waals surface area contributed by atoms with Gasteiger partial charge in [-0.3, -0.25) is 0 Å². The smallest absolute Gasteiger partial charge is 0.549 e. The van der Waals surface area contributed by atoms with Gasteiger partial charge in [0, 0.05) is 24.9 Å². The summed E-state index contributed by atoms with van der Waals surface area (Å²) in [6, 6.07) is 22.4. The summed E-state index contributed by atoms with van der Waals surface area (Å²) in [5.41, 5.74) is 2.49. The molecule has 2 aliphatic carbocycles. The second-order valence-corrected chi connectivity index (χ2v) is 8.48. The number of allylic oxidation sites excluding steroid dienone is 4. The molecule has 0 unspecified atom stereocenters. The van der Waals surface area contributed by atoms with E-state index in [0.29, 0.717) is 0 Å². The predicted molar refractivity (Wildman–Crippen MR) is 145 cm³/mol. The van der Waals surface area contributed by atoms with E-state index in [0.717, 1.165) is 13.1 Å². The maximum atomic E-state index is 9.99. The second-order valence-electron chi connectivity index (χ2n) is 8.48. The van der Waals surface area contributed by atoms with Crippen molar-refractivity contribution >= 4 is 35.8 Å². The van der Waals surface area contributed by atoms with Crippen molar-refractivity contribution in [2.45, 2.75) is 13.1 Å². The number of benzene rings is 2. The Balaban J connectivity index is 0.000000465. The largest absolute Gasteiger partial charge is 2.00 e. The van der Waals surface area contributed by atoms with E-state index in [1.54, 1.807) is 48.6 Å². The third kappa shape index (κ3) is 17.2. The van der Waals surface area contributed by atoms with Crippen molar-refractivity contribution in [1.82, 2.24) is 9.80 Å². The summed E-state index contributed by atoms with van der Waals surface area (Å²) in [4.78, 5) is 24.2. The first-order valence-corrected chi connectivity index (χ1v) is 11.5. The Kier molecular flexibility index (Phi) is 18.6. The molecule has 4 rings (SSSR count). The summed E-state index contributed by atoms with van der Waals surface area (Å²) in [5, 5.41) is 20.0. The maximum Gasteiger partial charge on any atom is 2.00 e. The Hall–Kier alpha value is -2.94. The number of carboxylic acid groups (broad SMARTS) is 2. The van der Waals surface area contributed by atoms with E-state index >= 15 is 0 Å². The first-order chi connectivity index (χ1) is 17.2. The Morgan fingerprint density at radius 2 is 1.00 bits per heavy atom. The predicted octanol–water partition coefficient (Wildman–Crippen LogP) is 1.67. The van der Waals surface area contributed by atoms with Crippen LogP contribution in [0.5, 0.6) is 0 Å². The Morgan fingerprint density at radius 1 is 0.676 bits per heavy atom. The monoisotopic (exact) mass is 606 g/mol. The minimum Gasteiger partial charge on any atom is -0.549 e. The van der Waals surface area contributed by atoms with Crippen molar-refractivity contribution in [3.05, 3.63) is 120 Å². The van der Waals surface area contributed by atoms with Crippen LogP contribution in [-0.2, 0) is 22.7 Å². The van der Waals surface area contributed by atoms with Crippen LogP contribution in [0.4, 0.5) is 0 Å². The molecule has 37 heavy (non-hydrogen) atoms. The molecule has 0 fully saturated rings. The van der Waals surface area contributed by atoms with Crippen LogP contribution in [0.3, 0.4) is 0 Å². The van der Waals surface area contributed by atoms with Gasteiger partial charge in [-0.1, -0.05) is 97.1 Å². The molecule has 192 valence electrons. The summed E-state index contributed by atoms with van der Waals surface area (Å²) in [5.74, 6) is -3.05. The zero-order valence-corrected chi connectivity index (χ0v) is 24.7. The van der Waals surface area contributed by atoms with Gasteiger partial charge in [-0.25, -0.2) is 0 Å². The topological polar surface area (TPSA) is 86.7 Å². The zero-order chi connectivity index (χ0) is 26.8. The molecule has 7 heteroatoms. The summed E-state index contributed by atoms with van der Waals surface area (Å²) in [6.07, 6.45) is 13.1. The van der Waals surface area contributed by atoms with Crippen molar-refractivity contribution < 1.29 is 19.8 Å². The molecule has 4 radical (unpaired) electrons. The average Bonchev–Trinajstić information content (AvgIpc) is 3.56. The summed E-state index contributed by atoms with van der Waals surface area (Å²) in [7, 11) is 8.23. The average molecular weight is 605 g/mol. The normalized spacial score (nSPS) is 13.1. The van der Waals surface area contributed by atoms with E-state index in [1.807, 2.05) is 36.4 Å². The van der Waals surface area contributed by atoms with Gasteiger partial charge in [-0.2, -0.15) is 0 Å². The van der Waals surface area contributed by atoms with Crippen LogP contribution in [-0.4, -0.2) is 73.8 Å². The summed E-state index contributed by atoms with van der Waals surface area (Å²) >= 11 is 0. The molecule has 2 aromatic rings. The fourth-order valence-corrected chi connectivity index (χ4v) is 2.92. The van der Waals surface area contributed by atoms with Crippen LogP contribution in [0.2, 0.25) is 0 Å². The quantitative estimate of drug-likeness (QED) is 0.466. The van der Waals surface area contributed by atoms with Crippen LogP contribution in [0.1, 0.15) is 11.1 Å². The molecule has 0 aromatic heterocycles. The third-order valence-electron chi connectivity index (χ3n) is 4.56. The number of hydrogen-bond acceptors (Lipinski definition) is 6. The molecule has 2 aliphatic rings. The molecule has 0 atom stereocenters. The third-order valence-corrected chi connectivity index (χ3v) is 4.56. The van der Waals surface area contributed by atoms with Crippen molar-refractivity contribution in [1.29, 1.82) is 0 Å². The second kappa shape index (κ2) is 20.2. The molecular weight excluding hydrogens is 571 g/mol. The van der Waals surface area contributed by atoms with Gasteiger partial charge in [0.25, 0.3) is 0 Å². The van der Waals surface area contributed by atoms with Gasteiger partial charge >= 0.3 is 23.9 Å². The number of aliphatic carboxylic acids is 2. The van der Waals surface area contributed by atoms with Gasteiger partial charge in [-0.15, -0.1) is 0 Å². The van der Waals surface area contributed by atoms with Crippen molar-refractivity contribution in [2.24, 2.45) is 11.8 Å². The molecule has 0 aliphatic heterocycles. The summed E-state index contributed by atoms with van der Waals surface area (Å²) in [6.45, 7) is 1.95. The SMILES string of the molecule is CN(C)Cc1[c]cccc1.CN(C)Cc1[c]cccc1.O=C([O-])C1C=CC=C1.O=C([O-])C1C=CC=C1.[Sn+2]. The van der Waals surface area contributed by atoms with E-state index in [-0.39, 0.29) is 23.9 Å². The number of carbonyl (C=O) groups excluding carboxylic acids is 2. The minimum absolute atomic E-state index is 0. The van der Waals surface area contributed by atoms with E-state index in [4.69, 9.17) is 0 Å². The maximum absolute atomic E-state index is 9.99. The molecule has 0 saturated carbocycles. The molecule has 2 aromatic carbocycles. The van der Waals surface area contributed by atoms with Gasteiger partial charge in [0.2, 0.25) is 0 Å². The van der Waals surface area contributed by atoms with E-state index in [1.165, 1.54) is 11.1 Å². The van der Waals surface area contributed by atoms with Gasteiger partial charge in [0.15, 0.2) is 0 Å². The van der Waals surface area contributed by atoms with Gasteiger partial charge < -0.3 is 29.6 Å². The number of hydrogen-bond donors (Lipinski definition) is 0. The standard InChI is InChI=1S/2C9H12N.2C6H6O2.Sn/c2*1-10(2)8-9-6-4-3-5-7-9;2*7-6(8)5-3-1-2-4-5;/h2*3-6H,8H2,1-2H3;2*1-5H,(H,7,8);/q;;;;+2/p-2. The van der Waals surface area contributed by atoms with E-state index in [2.05, 4.69) is 62.3 Å². The molecular formula is C30H34N2O4Sn. The van der Waals surface area contributed by atoms with E-state index < -0.39 is 23.8 Å². The summed E-state index contributed by atoms with van der Waals surface area (Å²) < 4.78 is 0. The van der Waals surface area contributed by atoms with Gasteiger partial charge in [0.05, 0.1) is 11.9 Å². The molecule has 0 bridgehead atoms. The first-order valence-electron chi connectivity index (χ1n) is 11.5. The van der Waals surface area contributed by atoms with Crippen LogP contribution < -0.4 is 10.2 Å². The Morgan fingerprint density at radius 3 is 1.19 bits per heavy atom. The van der Waals surface area contributed by atoms with Gasteiger partial charge in [-0.05, 0) is 51.5 Å². The Labute approximate surface area is 238 Å². The number of carboxylic acids is 2. The van der Waals surface area contributed by atoms with Crippen molar-refractivity contribution in [3.8, 4) is 0 Å². The molecule has 6 nitrogen and oxygen atoms in total. The fraction of sp³-hybridized carbons (Fsp3) is 0.267. The molecule has 0 spiro atoms. The Bertz CT molecular complexity index is 909. The number of rotatable bonds is 6. The van der Waals surface area contributed by atoms with Crippen LogP contribution in [0.15, 0.2) is 97.1 Å². The molecule has 0 amide bonds. The van der Waals surface area contributed by atoms with Crippen molar-refractivity contribution in [2.75, 3.05) is 28.2 Å². The molecule has 0 saturated heterocycles. The fourth-order valence-electron chi connectivity index (χ4n) is 2.92.